The van der Waals surface area contributed by atoms with Crippen molar-refractivity contribution in [3.8, 4) is 5.75 Å². The molecule has 0 saturated heterocycles. The van der Waals surface area contributed by atoms with Crippen LogP contribution in [0.3, 0.4) is 0 Å². The Morgan fingerprint density at radius 1 is 1.29 bits per heavy atom. The van der Waals surface area contributed by atoms with Crippen molar-refractivity contribution in [3.63, 3.8) is 0 Å². The monoisotopic (exact) mass is 230 g/mol. The van der Waals surface area contributed by atoms with Crippen LogP contribution in [-0.4, -0.2) is 11.2 Å². The van der Waals surface area contributed by atoms with E-state index < -0.39 is 0 Å². The SMILES string of the molecule is N=Cc1c(OC2=CC=C(N)CC2)ccnc1N. The summed E-state index contributed by atoms with van der Waals surface area (Å²) in [6.45, 7) is 0. The second-order valence-electron chi connectivity index (χ2n) is 3.73. The Labute approximate surface area is 99.3 Å². The molecule has 0 amide bonds. The third-order valence-electron chi connectivity index (χ3n) is 2.51. The van der Waals surface area contributed by atoms with E-state index in [1.165, 1.54) is 0 Å². The van der Waals surface area contributed by atoms with Crippen LogP contribution in [-0.2, 0) is 0 Å². The lowest BCUT2D eigenvalue weighted by Crippen LogP contribution is -2.07. The van der Waals surface area contributed by atoms with Crippen molar-refractivity contribution in [3.05, 3.63) is 41.4 Å². The summed E-state index contributed by atoms with van der Waals surface area (Å²) in [5.41, 5.74) is 12.7. The third kappa shape index (κ3) is 2.44. The predicted molar refractivity (Wildman–Crippen MR) is 66.8 cm³/mol. The second kappa shape index (κ2) is 4.69. The van der Waals surface area contributed by atoms with Gasteiger partial charge in [-0.2, -0.15) is 0 Å². The largest absolute Gasteiger partial charge is 0.461 e. The van der Waals surface area contributed by atoms with Gasteiger partial charge in [-0.15, -0.1) is 0 Å². The summed E-state index contributed by atoms with van der Waals surface area (Å²) in [6.07, 6.45) is 7.90. The molecule has 1 aliphatic rings. The predicted octanol–water partition coefficient (Wildman–Crippen LogP) is 1.56. The number of rotatable bonds is 3. The van der Waals surface area contributed by atoms with Crippen LogP contribution in [0.1, 0.15) is 18.4 Å². The Balaban J connectivity index is 2.25. The molecule has 1 aliphatic carbocycles. The van der Waals surface area contributed by atoms with Gasteiger partial charge in [0.1, 0.15) is 17.3 Å². The molecule has 0 atom stereocenters. The zero-order valence-corrected chi connectivity index (χ0v) is 9.31. The lowest BCUT2D eigenvalue weighted by atomic mass is 10.1. The molecule has 0 fully saturated rings. The molecule has 1 aromatic heterocycles. The number of hydrogen-bond acceptors (Lipinski definition) is 5. The van der Waals surface area contributed by atoms with Crippen LogP contribution in [0.2, 0.25) is 0 Å². The van der Waals surface area contributed by atoms with Crippen molar-refractivity contribution in [2.45, 2.75) is 12.8 Å². The number of ether oxygens (including phenoxy) is 1. The van der Waals surface area contributed by atoms with E-state index in [2.05, 4.69) is 4.98 Å². The Hall–Kier alpha value is -2.30. The number of nitrogens with two attached hydrogens (primary N) is 2. The zero-order valence-electron chi connectivity index (χ0n) is 9.31. The summed E-state index contributed by atoms with van der Waals surface area (Å²) >= 11 is 0. The van der Waals surface area contributed by atoms with Crippen LogP contribution >= 0.6 is 0 Å². The minimum atomic E-state index is 0.295. The topological polar surface area (TPSA) is 98.0 Å². The van der Waals surface area contributed by atoms with Crippen LogP contribution in [0.4, 0.5) is 5.82 Å². The molecule has 5 heteroatoms. The van der Waals surface area contributed by atoms with E-state index >= 15 is 0 Å². The fourth-order valence-corrected chi connectivity index (χ4v) is 1.57. The van der Waals surface area contributed by atoms with Crippen LogP contribution in [0.25, 0.3) is 0 Å². The smallest absolute Gasteiger partial charge is 0.140 e. The number of nitrogens with zero attached hydrogens (tertiary/aromatic N) is 1. The number of allylic oxidation sites excluding steroid dienone is 4. The number of nitrogen functional groups attached to an aromatic ring is 1. The summed E-state index contributed by atoms with van der Waals surface area (Å²) in [5, 5.41) is 7.30. The molecule has 0 unspecified atom stereocenters. The number of hydrogen-bond donors (Lipinski definition) is 3. The minimum absolute atomic E-state index is 0.295. The van der Waals surface area contributed by atoms with Crippen LogP contribution in [0.15, 0.2) is 35.9 Å². The molecule has 0 aromatic carbocycles. The van der Waals surface area contributed by atoms with E-state index in [0.29, 0.717) is 17.1 Å². The van der Waals surface area contributed by atoms with E-state index in [-0.39, 0.29) is 0 Å². The van der Waals surface area contributed by atoms with Crippen molar-refractivity contribution in [2.75, 3.05) is 5.73 Å². The number of pyridine rings is 1. The molecule has 17 heavy (non-hydrogen) atoms. The Kier molecular flexibility index (Phi) is 3.09. The molecule has 88 valence electrons. The zero-order chi connectivity index (χ0) is 12.3. The molecule has 0 bridgehead atoms. The van der Waals surface area contributed by atoms with Gasteiger partial charge in [0.05, 0.1) is 5.56 Å². The molecule has 1 heterocycles. The lowest BCUT2D eigenvalue weighted by Gasteiger charge is -2.15. The summed E-state index contributed by atoms with van der Waals surface area (Å²) in [5.74, 6) is 1.66. The number of anilines is 1. The quantitative estimate of drug-likeness (QED) is 0.686. The van der Waals surface area contributed by atoms with Gasteiger partial charge in [-0.05, 0) is 24.6 Å². The van der Waals surface area contributed by atoms with Crippen LogP contribution in [0, 0.1) is 5.41 Å². The van der Waals surface area contributed by atoms with Gasteiger partial charge in [0.2, 0.25) is 0 Å². The van der Waals surface area contributed by atoms with Crippen molar-refractivity contribution >= 4 is 12.0 Å². The minimum Gasteiger partial charge on any atom is -0.461 e. The first kappa shape index (κ1) is 11.2. The summed E-state index contributed by atoms with van der Waals surface area (Å²) in [6, 6.07) is 1.69. The molecule has 0 radical (unpaired) electrons. The Morgan fingerprint density at radius 3 is 2.76 bits per heavy atom. The van der Waals surface area contributed by atoms with Gasteiger partial charge in [-0.25, -0.2) is 4.98 Å². The highest BCUT2D eigenvalue weighted by Gasteiger charge is 2.10. The van der Waals surface area contributed by atoms with Crippen molar-refractivity contribution in [1.29, 1.82) is 5.41 Å². The van der Waals surface area contributed by atoms with Crippen molar-refractivity contribution < 1.29 is 4.74 Å². The molecular weight excluding hydrogens is 216 g/mol. The lowest BCUT2D eigenvalue weighted by molar-refractivity contribution is 0.400. The molecule has 0 spiro atoms. The number of aromatic nitrogens is 1. The maximum Gasteiger partial charge on any atom is 0.140 e. The fourth-order valence-electron chi connectivity index (χ4n) is 1.57. The van der Waals surface area contributed by atoms with Gasteiger partial charge in [-0.1, -0.05) is 0 Å². The average molecular weight is 230 g/mol. The average Bonchev–Trinajstić information content (AvgIpc) is 2.32. The maximum atomic E-state index is 7.30. The first-order valence-electron chi connectivity index (χ1n) is 5.28. The van der Waals surface area contributed by atoms with Gasteiger partial charge in [-0.3, -0.25) is 0 Å². The highest BCUT2D eigenvalue weighted by Crippen LogP contribution is 2.25. The highest BCUT2D eigenvalue weighted by atomic mass is 16.5. The van der Waals surface area contributed by atoms with Gasteiger partial charge in [0.15, 0.2) is 0 Å². The Bertz CT molecular complexity index is 505. The van der Waals surface area contributed by atoms with Crippen LogP contribution in [0.5, 0.6) is 5.75 Å². The van der Waals surface area contributed by atoms with E-state index in [9.17, 15) is 0 Å². The highest BCUT2D eigenvalue weighted by molar-refractivity contribution is 5.87. The normalized spacial score (nSPS) is 14.8. The summed E-state index contributed by atoms with van der Waals surface area (Å²) in [4.78, 5) is 3.91. The summed E-state index contributed by atoms with van der Waals surface area (Å²) in [7, 11) is 0. The van der Waals surface area contributed by atoms with Gasteiger partial charge < -0.3 is 21.6 Å². The Morgan fingerprint density at radius 2 is 2.12 bits per heavy atom. The van der Waals surface area contributed by atoms with Gasteiger partial charge >= 0.3 is 0 Å². The molecule has 5 N–H and O–H groups in total. The molecule has 0 saturated carbocycles. The van der Waals surface area contributed by atoms with Crippen molar-refractivity contribution in [2.24, 2.45) is 5.73 Å². The first-order valence-corrected chi connectivity index (χ1v) is 5.28. The molecule has 0 aliphatic heterocycles. The fraction of sp³-hybridized carbons (Fsp3) is 0.167. The van der Waals surface area contributed by atoms with E-state index in [1.54, 1.807) is 12.3 Å². The number of nitrogens with one attached hydrogen (secondary N) is 1. The van der Waals surface area contributed by atoms with E-state index in [1.807, 2.05) is 12.2 Å². The summed E-state index contributed by atoms with van der Waals surface area (Å²) < 4.78 is 5.70. The maximum absolute atomic E-state index is 7.30. The van der Waals surface area contributed by atoms with E-state index in [4.69, 9.17) is 21.6 Å². The van der Waals surface area contributed by atoms with Crippen LogP contribution < -0.4 is 16.2 Å². The molecular formula is C12H14N4O. The first-order chi connectivity index (χ1) is 8.20. The molecule has 2 rings (SSSR count). The third-order valence-corrected chi connectivity index (χ3v) is 2.51. The second-order valence-corrected chi connectivity index (χ2v) is 3.73. The van der Waals surface area contributed by atoms with Crippen molar-refractivity contribution in [1.82, 2.24) is 4.98 Å². The molecule has 5 nitrogen and oxygen atoms in total. The van der Waals surface area contributed by atoms with Gasteiger partial charge in [0.25, 0.3) is 0 Å². The van der Waals surface area contributed by atoms with E-state index in [0.717, 1.165) is 30.5 Å². The molecule has 1 aromatic rings. The standard InChI is InChI=1S/C12H14N4O/c13-7-10-11(5-6-16-12(10)15)17-9-3-1-8(14)2-4-9/h1,3,5-7,13H,2,4,14H2,(H2,15,16). The van der Waals surface area contributed by atoms with Gasteiger partial charge in [0, 0.05) is 24.5 Å².